The lowest BCUT2D eigenvalue weighted by molar-refractivity contribution is -0.151. The number of rotatable bonds is 6. The molecular formula is C15H21NO4. The molecule has 2 rings (SSSR count). The van der Waals surface area contributed by atoms with Crippen LogP contribution in [0.5, 0.6) is 11.5 Å². The Kier molecular flexibility index (Phi) is 4.18. The molecule has 1 aromatic rings. The number of phenolic OH excluding ortho intramolecular Hbond substituents is 2. The Morgan fingerprint density at radius 1 is 1.35 bits per heavy atom. The van der Waals surface area contributed by atoms with Gasteiger partial charge in [-0.1, -0.05) is 0 Å². The number of hydrogen-bond acceptors (Lipinski definition) is 5. The van der Waals surface area contributed by atoms with E-state index < -0.39 is 11.5 Å². The van der Waals surface area contributed by atoms with Gasteiger partial charge in [-0.15, -0.1) is 0 Å². The fourth-order valence-corrected chi connectivity index (χ4v) is 2.12. The molecule has 1 atom stereocenters. The van der Waals surface area contributed by atoms with E-state index in [0.717, 1.165) is 12.8 Å². The van der Waals surface area contributed by atoms with Crippen molar-refractivity contribution in [3.05, 3.63) is 23.8 Å². The van der Waals surface area contributed by atoms with Crippen molar-refractivity contribution in [2.24, 2.45) is 5.92 Å². The molecule has 0 amide bonds. The molecule has 0 heterocycles. The zero-order valence-corrected chi connectivity index (χ0v) is 11.8. The molecular weight excluding hydrogens is 258 g/mol. The van der Waals surface area contributed by atoms with Crippen molar-refractivity contribution in [2.45, 2.75) is 32.2 Å². The Bertz CT molecular complexity index is 478. The summed E-state index contributed by atoms with van der Waals surface area (Å²) < 4.78 is 5.13. The van der Waals surface area contributed by atoms with Crippen molar-refractivity contribution in [3.8, 4) is 11.5 Å². The van der Waals surface area contributed by atoms with Crippen LogP contribution in [0, 0.1) is 5.92 Å². The molecule has 5 nitrogen and oxygen atoms in total. The summed E-state index contributed by atoms with van der Waals surface area (Å²) in [6.45, 7) is 4.46. The van der Waals surface area contributed by atoms with Crippen LogP contribution in [0.1, 0.15) is 32.3 Å². The summed E-state index contributed by atoms with van der Waals surface area (Å²) >= 11 is 0. The second kappa shape index (κ2) is 5.71. The molecule has 3 N–H and O–H groups in total. The summed E-state index contributed by atoms with van der Waals surface area (Å²) in [7, 11) is 0. The molecule has 110 valence electrons. The predicted octanol–water partition coefficient (Wildman–Crippen LogP) is 1.88. The van der Waals surface area contributed by atoms with Gasteiger partial charge >= 0.3 is 5.97 Å². The van der Waals surface area contributed by atoms with Crippen molar-refractivity contribution < 1.29 is 19.7 Å². The maximum Gasteiger partial charge on any atom is 0.330 e. The molecule has 0 spiro atoms. The van der Waals surface area contributed by atoms with Gasteiger partial charge in [0.1, 0.15) is 17.0 Å². The van der Waals surface area contributed by atoms with Crippen molar-refractivity contribution in [1.82, 2.24) is 5.32 Å². The van der Waals surface area contributed by atoms with Crippen molar-refractivity contribution in [3.63, 3.8) is 0 Å². The van der Waals surface area contributed by atoms with E-state index in [-0.39, 0.29) is 18.1 Å². The Labute approximate surface area is 118 Å². The highest BCUT2D eigenvalue weighted by Gasteiger charge is 2.38. The summed E-state index contributed by atoms with van der Waals surface area (Å²) in [5, 5.41) is 22.5. The molecule has 5 heteroatoms. The number of esters is 1. The second-order valence-electron chi connectivity index (χ2n) is 5.41. The van der Waals surface area contributed by atoms with E-state index in [9.17, 15) is 15.0 Å². The van der Waals surface area contributed by atoms with Crippen LogP contribution in [0.25, 0.3) is 0 Å². The lowest BCUT2D eigenvalue weighted by Crippen LogP contribution is -2.48. The standard InChI is InChI=1S/C15H21NO4/c1-3-20-14(19)15(2,16-9-10-4-5-10)11-6-12(17)8-13(18)7-11/h6-8,10,16-18H,3-5,9H2,1-2H3. The summed E-state index contributed by atoms with van der Waals surface area (Å²) in [6, 6.07) is 4.17. The third-order valence-corrected chi connectivity index (χ3v) is 3.60. The quantitative estimate of drug-likeness (QED) is 0.693. The van der Waals surface area contributed by atoms with Gasteiger partial charge in [-0.25, -0.2) is 4.79 Å². The van der Waals surface area contributed by atoms with Gasteiger partial charge in [-0.3, -0.25) is 5.32 Å². The minimum absolute atomic E-state index is 0.0799. The number of carbonyl (C=O) groups is 1. The topological polar surface area (TPSA) is 78.8 Å². The van der Waals surface area contributed by atoms with E-state index in [1.165, 1.54) is 18.2 Å². The first-order valence-electron chi connectivity index (χ1n) is 6.91. The number of aromatic hydroxyl groups is 2. The van der Waals surface area contributed by atoms with Gasteiger partial charge in [0.25, 0.3) is 0 Å². The van der Waals surface area contributed by atoms with E-state index in [0.29, 0.717) is 18.0 Å². The normalized spacial score (nSPS) is 17.5. The minimum atomic E-state index is -1.07. The van der Waals surface area contributed by atoms with E-state index in [1.807, 2.05) is 0 Å². The SMILES string of the molecule is CCOC(=O)C(C)(NCC1CC1)c1cc(O)cc(O)c1. The fourth-order valence-electron chi connectivity index (χ4n) is 2.12. The Morgan fingerprint density at radius 3 is 2.45 bits per heavy atom. The maximum absolute atomic E-state index is 12.3. The number of ether oxygens (including phenoxy) is 1. The number of benzene rings is 1. The Balaban J connectivity index is 2.29. The first-order valence-corrected chi connectivity index (χ1v) is 6.91. The molecule has 0 radical (unpaired) electrons. The molecule has 1 fully saturated rings. The zero-order valence-electron chi connectivity index (χ0n) is 11.8. The van der Waals surface area contributed by atoms with E-state index >= 15 is 0 Å². The zero-order chi connectivity index (χ0) is 14.8. The molecule has 0 saturated heterocycles. The number of hydrogen-bond donors (Lipinski definition) is 3. The van der Waals surface area contributed by atoms with Gasteiger partial charge in [0.15, 0.2) is 0 Å². The molecule has 1 aliphatic rings. The van der Waals surface area contributed by atoms with Crippen LogP contribution < -0.4 is 5.32 Å². The largest absolute Gasteiger partial charge is 0.508 e. The van der Waals surface area contributed by atoms with Gasteiger partial charge in [-0.2, -0.15) is 0 Å². The lowest BCUT2D eigenvalue weighted by atomic mass is 9.91. The van der Waals surface area contributed by atoms with Crippen LogP contribution in [0.2, 0.25) is 0 Å². The first-order chi connectivity index (χ1) is 9.45. The molecule has 1 aromatic carbocycles. The predicted molar refractivity (Wildman–Crippen MR) is 74.5 cm³/mol. The molecule has 1 aliphatic carbocycles. The van der Waals surface area contributed by atoms with Gasteiger partial charge in [0, 0.05) is 6.07 Å². The van der Waals surface area contributed by atoms with Gasteiger partial charge < -0.3 is 14.9 Å². The average molecular weight is 279 g/mol. The van der Waals surface area contributed by atoms with Crippen LogP contribution in [-0.4, -0.2) is 29.3 Å². The number of nitrogens with one attached hydrogen (secondary N) is 1. The highest BCUT2D eigenvalue weighted by Crippen LogP contribution is 2.33. The monoisotopic (exact) mass is 279 g/mol. The Hall–Kier alpha value is -1.75. The lowest BCUT2D eigenvalue weighted by Gasteiger charge is -2.29. The van der Waals surface area contributed by atoms with Crippen LogP contribution in [-0.2, 0) is 15.1 Å². The summed E-state index contributed by atoms with van der Waals surface area (Å²) in [5.41, 5.74) is -0.580. The average Bonchev–Trinajstić information content (AvgIpc) is 3.19. The molecule has 0 aromatic heterocycles. The van der Waals surface area contributed by atoms with Crippen LogP contribution in [0.3, 0.4) is 0 Å². The Morgan fingerprint density at radius 2 is 1.95 bits per heavy atom. The maximum atomic E-state index is 12.3. The van der Waals surface area contributed by atoms with E-state index in [1.54, 1.807) is 13.8 Å². The van der Waals surface area contributed by atoms with Crippen molar-refractivity contribution in [2.75, 3.05) is 13.2 Å². The van der Waals surface area contributed by atoms with Gasteiger partial charge in [0.05, 0.1) is 6.61 Å². The van der Waals surface area contributed by atoms with E-state index in [2.05, 4.69) is 5.32 Å². The highest BCUT2D eigenvalue weighted by atomic mass is 16.5. The molecule has 20 heavy (non-hydrogen) atoms. The van der Waals surface area contributed by atoms with Crippen LogP contribution in [0.15, 0.2) is 18.2 Å². The van der Waals surface area contributed by atoms with Crippen LogP contribution in [0.4, 0.5) is 0 Å². The highest BCUT2D eigenvalue weighted by molar-refractivity contribution is 5.82. The first kappa shape index (κ1) is 14.7. The number of carbonyl (C=O) groups excluding carboxylic acids is 1. The molecule has 0 bridgehead atoms. The fraction of sp³-hybridized carbons (Fsp3) is 0.533. The van der Waals surface area contributed by atoms with Crippen LogP contribution >= 0.6 is 0 Å². The molecule has 0 aliphatic heterocycles. The van der Waals surface area contributed by atoms with Gasteiger partial charge in [-0.05, 0) is 56.8 Å². The summed E-state index contributed by atoms with van der Waals surface area (Å²) in [6.07, 6.45) is 2.33. The minimum Gasteiger partial charge on any atom is -0.508 e. The third kappa shape index (κ3) is 3.22. The summed E-state index contributed by atoms with van der Waals surface area (Å²) in [5.74, 6) is 0.0211. The van der Waals surface area contributed by atoms with Gasteiger partial charge in [0.2, 0.25) is 0 Å². The third-order valence-electron chi connectivity index (χ3n) is 3.60. The van der Waals surface area contributed by atoms with Crippen molar-refractivity contribution in [1.29, 1.82) is 0 Å². The smallest absolute Gasteiger partial charge is 0.330 e. The molecule has 1 unspecified atom stereocenters. The second-order valence-corrected chi connectivity index (χ2v) is 5.41. The van der Waals surface area contributed by atoms with Crippen molar-refractivity contribution >= 4 is 5.97 Å². The molecule has 1 saturated carbocycles. The summed E-state index contributed by atoms with van der Waals surface area (Å²) in [4.78, 5) is 12.3. The van der Waals surface area contributed by atoms with E-state index in [4.69, 9.17) is 4.74 Å². The number of phenols is 2.